The fourth-order valence-electron chi connectivity index (χ4n) is 4.64. The first kappa shape index (κ1) is 27.0. The Kier molecular flexibility index (Phi) is 7.54. The van der Waals surface area contributed by atoms with Crippen molar-refractivity contribution in [2.75, 3.05) is 0 Å². The van der Waals surface area contributed by atoms with Crippen LogP contribution in [-0.4, -0.2) is 11.6 Å². The van der Waals surface area contributed by atoms with E-state index in [-0.39, 0.29) is 11.6 Å². The van der Waals surface area contributed by atoms with Crippen molar-refractivity contribution in [3.63, 3.8) is 0 Å². The van der Waals surface area contributed by atoms with Crippen molar-refractivity contribution in [3.8, 4) is 23.0 Å². The zero-order valence-corrected chi connectivity index (χ0v) is 23.5. The number of ether oxygens (including phenoxy) is 2. The summed E-state index contributed by atoms with van der Waals surface area (Å²) >= 11 is 5.93. The lowest BCUT2D eigenvalue weighted by molar-refractivity contribution is 0.103. The van der Waals surface area contributed by atoms with Gasteiger partial charge in [-0.15, -0.1) is 0 Å². The van der Waals surface area contributed by atoms with Gasteiger partial charge in [0.15, 0.2) is 11.6 Å². The van der Waals surface area contributed by atoms with Crippen LogP contribution in [-0.2, 0) is 0 Å². The van der Waals surface area contributed by atoms with E-state index in [0.717, 1.165) is 16.3 Å². The van der Waals surface area contributed by atoms with Gasteiger partial charge in [0.25, 0.3) is 0 Å². The van der Waals surface area contributed by atoms with Gasteiger partial charge in [-0.25, -0.2) is 0 Å². The number of ketones is 2. The zero-order chi connectivity index (χ0) is 29.1. The summed E-state index contributed by atoms with van der Waals surface area (Å²) in [7, 11) is 0. The maximum Gasteiger partial charge on any atom is 0.193 e. The fourth-order valence-corrected chi connectivity index (χ4v) is 4.76. The number of hydrogen-bond acceptors (Lipinski definition) is 4. The number of fused-ring (bicyclic) bond motifs is 1. The van der Waals surface area contributed by atoms with Crippen molar-refractivity contribution in [3.05, 3.63) is 166 Å². The van der Waals surface area contributed by atoms with Crippen LogP contribution in [0.4, 0.5) is 0 Å². The highest BCUT2D eigenvalue weighted by Crippen LogP contribution is 2.34. The Morgan fingerprint density at radius 2 is 1.00 bits per heavy atom. The molecule has 0 aliphatic heterocycles. The smallest absolute Gasteiger partial charge is 0.193 e. The summed E-state index contributed by atoms with van der Waals surface area (Å²) in [6.07, 6.45) is 0. The van der Waals surface area contributed by atoms with Crippen LogP contribution in [0.3, 0.4) is 0 Å². The lowest BCUT2D eigenvalue weighted by Gasteiger charge is -2.12. The average molecular weight is 569 g/mol. The fraction of sp³-hybridized carbons (Fsp3) is 0.0270. The molecule has 0 amide bonds. The summed E-state index contributed by atoms with van der Waals surface area (Å²) in [4.78, 5) is 25.6. The molecule has 0 atom stereocenters. The van der Waals surface area contributed by atoms with Crippen molar-refractivity contribution >= 4 is 33.9 Å². The lowest BCUT2D eigenvalue weighted by Crippen LogP contribution is -2.01. The summed E-state index contributed by atoms with van der Waals surface area (Å²) in [5.74, 6) is 2.51. The minimum absolute atomic E-state index is 0.0259. The second-order valence-corrected chi connectivity index (χ2v) is 10.4. The van der Waals surface area contributed by atoms with E-state index in [1.54, 1.807) is 72.8 Å². The van der Waals surface area contributed by atoms with Crippen molar-refractivity contribution < 1.29 is 19.1 Å². The molecule has 5 heteroatoms. The number of carbonyl (C=O) groups excluding carboxylic acids is 2. The van der Waals surface area contributed by atoms with E-state index in [0.29, 0.717) is 50.3 Å². The Labute approximate surface area is 248 Å². The van der Waals surface area contributed by atoms with Gasteiger partial charge < -0.3 is 9.47 Å². The third-order valence-electron chi connectivity index (χ3n) is 6.93. The molecule has 0 N–H and O–H groups in total. The van der Waals surface area contributed by atoms with E-state index in [4.69, 9.17) is 21.1 Å². The van der Waals surface area contributed by atoms with Gasteiger partial charge >= 0.3 is 0 Å². The second-order valence-electron chi connectivity index (χ2n) is 9.92. The number of aryl methyl sites for hydroxylation is 1. The summed E-state index contributed by atoms with van der Waals surface area (Å²) < 4.78 is 12.3. The molecule has 0 saturated carbocycles. The van der Waals surface area contributed by atoms with Gasteiger partial charge in [-0.2, -0.15) is 0 Å². The maximum atomic E-state index is 12.8. The minimum atomic E-state index is -0.0797. The van der Waals surface area contributed by atoms with E-state index < -0.39 is 0 Å². The molecule has 0 spiro atoms. The Balaban J connectivity index is 1.15. The highest BCUT2D eigenvalue weighted by Gasteiger charge is 2.12. The molecular formula is C37H25ClO4. The first-order valence-corrected chi connectivity index (χ1v) is 13.8. The summed E-state index contributed by atoms with van der Waals surface area (Å²) in [5.41, 5.74) is 3.52. The lowest BCUT2D eigenvalue weighted by atomic mass is 10.0. The van der Waals surface area contributed by atoms with Crippen molar-refractivity contribution in [2.45, 2.75) is 6.92 Å². The van der Waals surface area contributed by atoms with E-state index in [2.05, 4.69) is 0 Å². The molecule has 0 radical (unpaired) electrons. The quantitative estimate of drug-likeness (QED) is 0.171. The number of benzene rings is 6. The SMILES string of the molecule is Cc1ccc(C(=O)c2ccc(Oc3cccc4cc(Oc5ccc(C(=O)c6ccc(Cl)cc6)cc5)ccc34)cc2)cc1. The molecule has 4 nitrogen and oxygen atoms in total. The van der Waals surface area contributed by atoms with Gasteiger partial charge in [0.2, 0.25) is 0 Å². The van der Waals surface area contributed by atoms with Crippen molar-refractivity contribution in [1.29, 1.82) is 0 Å². The molecule has 0 fully saturated rings. The first-order chi connectivity index (χ1) is 20.4. The molecule has 0 aliphatic rings. The van der Waals surface area contributed by atoms with Gasteiger partial charge in [-0.05, 0) is 109 Å². The van der Waals surface area contributed by atoms with Gasteiger partial charge in [0, 0.05) is 32.7 Å². The van der Waals surface area contributed by atoms with E-state index in [1.165, 1.54) is 0 Å². The molecule has 204 valence electrons. The normalized spacial score (nSPS) is 10.8. The predicted octanol–water partition coefficient (Wildman–Crippen LogP) is 9.85. The zero-order valence-electron chi connectivity index (χ0n) is 22.7. The van der Waals surface area contributed by atoms with E-state index in [1.807, 2.05) is 67.6 Å². The molecular weight excluding hydrogens is 544 g/mol. The first-order valence-electron chi connectivity index (χ1n) is 13.4. The van der Waals surface area contributed by atoms with Gasteiger partial charge in [-0.3, -0.25) is 9.59 Å². The second kappa shape index (κ2) is 11.7. The Hall–Kier alpha value is -5.19. The Morgan fingerprint density at radius 1 is 0.524 bits per heavy atom. The standard InChI is InChI=1S/C37H25ClO4/c1-24-5-7-25(8-6-24)36(39)28-13-19-32(20-14-28)42-35-4-2-3-29-23-33(21-22-34(29)35)41-31-17-11-27(12-18-31)37(40)26-9-15-30(38)16-10-26/h2-23H,1H3. The van der Waals surface area contributed by atoms with Crippen molar-refractivity contribution in [2.24, 2.45) is 0 Å². The van der Waals surface area contributed by atoms with Crippen LogP contribution in [0.5, 0.6) is 23.0 Å². The topological polar surface area (TPSA) is 52.6 Å². The largest absolute Gasteiger partial charge is 0.457 e. The van der Waals surface area contributed by atoms with E-state index in [9.17, 15) is 9.59 Å². The van der Waals surface area contributed by atoms with Crippen LogP contribution in [0.1, 0.15) is 37.4 Å². The molecule has 6 aromatic rings. The van der Waals surface area contributed by atoms with Crippen LogP contribution >= 0.6 is 11.6 Å². The highest BCUT2D eigenvalue weighted by molar-refractivity contribution is 6.30. The van der Waals surface area contributed by atoms with Crippen LogP contribution in [0.25, 0.3) is 10.8 Å². The molecule has 0 saturated heterocycles. The third kappa shape index (κ3) is 5.95. The molecule has 6 aromatic carbocycles. The molecule has 0 bridgehead atoms. The average Bonchev–Trinajstić information content (AvgIpc) is 3.02. The van der Waals surface area contributed by atoms with Crippen LogP contribution in [0.15, 0.2) is 133 Å². The van der Waals surface area contributed by atoms with Gasteiger partial charge in [0.1, 0.15) is 23.0 Å². The molecule has 6 rings (SSSR count). The van der Waals surface area contributed by atoms with E-state index >= 15 is 0 Å². The monoisotopic (exact) mass is 568 g/mol. The van der Waals surface area contributed by atoms with Crippen LogP contribution in [0, 0.1) is 6.92 Å². The molecule has 0 aliphatic carbocycles. The number of rotatable bonds is 8. The molecule has 0 heterocycles. The number of carbonyl (C=O) groups is 2. The number of hydrogen-bond donors (Lipinski definition) is 0. The minimum Gasteiger partial charge on any atom is -0.457 e. The highest BCUT2D eigenvalue weighted by atomic mass is 35.5. The summed E-state index contributed by atoms with van der Waals surface area (Å²) in [6, 6.07) is 40.2. The summed E-state index contributed by atoms with van der Waals surface area (Å²) in [5, 5.41) is 2.46. The maximum absolute atomic E-state index is 12.8. The Bertz CT molecular complexity index is 1890. The molecule has 0 unspecified atom stereocenters. The third-order valence-corrected chi connectivity index (χ3v) is 7.18. The predicted molar refractivity (Wildman–Crippen MR) is 166 cm³/mol. The van der Waals surface area contributed by atoms with Crippen LogP contribution in [0.2, 0.25) is 5.02 Å². The number of halogens is 1. The van der Waals surface area contributed by atoms with Gasteiger partial charge in [-0.1, -0.05) is 53.6 Å². The summed E-state index contributed by atoms with van der Waals surface area (Å²) in [6.45, 7) is 1.99. The molecule has 0 aromatic heterocycles. The van der Waals surface area contributed by atoms with Crippen molar-refractivity contribution in [1.82, 2.24) is 0 Å². The Morgan fingerprint density at radius 3 is 1.57 bits per heavy atom. The van der Waals surface area contributed by atoms with Gasteiger partial charge in [0.05, 0.1) is 0 Å². The van der Waals surface area contributed by atoms with Crippen LogP contribution < -0.4 is 9.47 Å². The molecule has 42 heavy (non-hydrogen) atoms.